The lowest BCUT2D eigenvalue weighted by Gasteiger charge is -2.08. The highest BCUT2D eigenvalue weighted by atomic mass is 16.5. The van der Waals surface area contributed by atoms with Gasteiger partial charge < -0.3 is 15.2 Å². The fourth-order valence-corrected chi connectivity index (χ4v) is 3.62. The first-order valence-corrected chi connectivity index (χ1v) is 10.1. The van der Waals surface area contributed by atoms with Gasteiger partial charge in [0, 0.05) is 23.4 Å². The SMILES string of the molecule is O=C(O)C=CC(=O)Nc1ccc(C(=O)OCC(=O)c2ccc3c(c2)-c2ccccc2C3)cc1. The molecule has 3 aromatic carbocycles. The van der Waals surface area contributed by atoms with Gasteiger partial charge in [0.15, 0.2) is 12.4 Å². The Bertz CT molecular complexity index is 1290. The number of carbonyl (C=O) groups is 4. The van der Waals surface area contributed by atoms with Gasteiger partial charge in [-0.1, -0.05) is 36.4 Å². The van der Waals surface area contributed by atoms with Crippen molar-refractivity contribution >= 4 is 29.3 Å². The van der Waals surface area contributed by atoms with Gasteiger partial charge in [0.05, 0.1) is 5.56 Å². The molecule has 0 fully saturated rings. The molecule has 0 saturated heterocycles. The van der Waals surface area contributed by atoms with Gasteiger partial charge in [-0.2, -0.15) is 0 Å². The second kappa shape index (κ2) is 9.32. The molecule has 0 atom stereocenters. The van der Waals surface area contributed by atoms with Gasteiger partial charge in [-0.05, 0) is 59.0 Å². The molecule has 0 spiro atoms. The Morgan fingerprint density at radius 2 is 1.55 bits per heavy atom. The maximum atomic E-state index is 12.6. The van der Waals surface area contributed by atoms with Crippen molar-refractivity contribution in [2.45, 2.75) is 6.42 Å². The van der Waals surface area contributed by atoms with Crippen LogP contribution < -0.4 is 5.32 Å². The third kappa shape index (κ3) is 5.04. The van der Waals surface area contributed by atoms with Crippen molar-refractivity contribution in [2.24, 2.45) is 0 Å². The van der Waals surface area contributed by atoms with Crippen molar-refractivity contribution in [1.29, 1.82) is 0 Å². The number of nitrogens with one attached hydrogen (secondary N) is 1. The van der Waals surface area contributed by atoms with Crippen molar-refractivity contribution in [3.05, 3.63) is 101 Å². The van der Waals surface area contributed by atoms with Crippen LogP contribution in [0.2, 0.25) is 0 Å². The Kier molecular flexibility index (Phi) is 6.13. The number of amides is 1. The molecule has 0 aliphatic heterocycles. The van der Waals surface area contributed by atoms with Crippen molar-refractivity contribution in [1.82, 2.24) is 0 Å². The van der Waals surface area contributed by atoms with E-state index in [4.69, 9.17) is 9.84 Å². The zero-order valence-electron chi connectivity index (χ0n) is 17.4. The lowest BCUT2D eigenvalue weighted by molar-refractivity contribution is -0.131. The maximum absolute atomic E-state index is 12.6. The fourth-order valence-electron chi connectivity index (χ4n) is 3.62. The molecule has 0 saturated carbocycles. The van der Waals surface area contributed by atoms with Crippen LogP contribution >= 0.6 is 0 Å². The number of carboxylic acid groups (broad SMARTS) is 1. The van der Waals surface area contributed by atoms with E-state index >= 15 is 0 Å². The lowest BCUT2D eigenvalue weighted by Crippen LogP contribution is -2.14. The normalized spacial score (nSPS) is 11.5. The molecule has 1 aliphatic rings. The van der Waals surface area contributed by atoms with Crippen LogP contribution in [0.25, 0.3) is 11.1 Å². The highest BCUT2D eigenvalue weighted by molar-refractivity contribution is 6.03. The van der Waals surface area contributed by atoms with Crippen LogP contribution in [-0.2, 0) is 20.7 Å². The van der Waals surface area contributed by atoms with Crippen LogP contribution in [0.4, 0.5) is 5.69 Å². The molecule has 2 N–H and O–H groups in total. The summed E-state index contributed by atoms with van der Waals surface area (Å²) in [5.74, 6) is -2.82. The summed E-state index contributed by atoms with van der Waals surface area (Å²) in [4.78, 5) is 46.9. The zero-order valence-corrected chi connectivity index (χ0v) is 17.4. The van der Waals surface area contributed by atoms with E-state index in [0.29, 0.717) is 11.3 Å². The smallest absolute Gasteiger partial charge is 0.338 e. The quantitative estimate of drug-likeness (QED) is 0.256. The molecule has 0 radical (unpaired) electrons. The van der Waals surface area contributed by atoms with E-state index in [2.05, 4.69) is 11.4 Å². The van der Waals surface area contributed by atoms with E-state index in [9.17, 15) is 19.2 Å². The minimum Gasteiger partial charge on any atom is -0.478 e. The number of fused-ring (bicyclic) bond motifs is 3. The van der Waals surface area contributed by atoms with E-state index in [-0.39, 0.29) is 11.3 Å². The molecule has 0 unspecified atom stereocenters. The topological polar surface area (TPSA) is 110 Å². The number of Topliss-reactive ketones (excluding diaryl/α,β-unsaturated/α-hetero) is 1. The van der Waals surface area contributed by atoms with Crippen LogP contribution in [0, 0.1) is 0 Å². The third-order valence-electron chi connectivity index (χ3n) is 5.22. The number of ether oxygens (including phenoxy) is 1. The summed E-state index contributed by atoms with van der Waals surface area (Å²) < 4.78 is 5.17. The average Bonchev–Trinajstić information content (AvgIpc) is 3.19. The summed E-state index contributed by atoms with van der Waals surface area (Å²) in [6.45, 7) is -0.391. The molecule has 0 heterocycles. The molecule has 33 heavy (non-hydrogen) atoms. The van der Waals surface area contributed by atoms with Crippen LogP contribution in [0.1, 0.15) is 31.8 Å². The fraction of sp³-hybridized carbons (Fsp3) is 0.0769. The Hall–Kier alpha value is -4.52. The molecule has 0 bridgehead atoms. The van der Waals surface area contributed by atoms with E-state index in [0.717, 1.165) is 35.3 Å². The van der Waals surface area contributed by atoms with Crippen LogP contribution in [0.15, 0.2) is 78.9 Å². The highest BCUT2D eigenvalue weighted by Gasteiger charge is 2.20. The molecule has 1 amide bonds. The molecular formula is C26H19NO6. The van der Waals surface area contributed by atoms with Gasteiger partial charge in [-0.15, -0.1) is 0 Å². The van der Waals surface area contributed by atoms with Crippen LogP contribution in [-0.4, -0.2) is 35.3 Å². The zero-order chi connectivity index (χ0) is 23.4. The van der Waals surface area contributed by atoms with Gasteiger partial charge >= 0.3 is 11.9 Å². The number of rotatable bonds is 7. The summed E-state index contributed by atoms with van der Waals surface area (Å²) >= 11 is 0. The molecule has 164 valence electrons. The minimum absolute atomic E-state index is 0.213. The first-order valence-electron chi connectivity index (χ1n) is 10.1. The summed E-state index contributed by atoms with van der Waals surface area (Å²) in [5.41, 5.74) is 5.59. The third-order valence-corrected chi connectivity index (χ3v) is 5.22. The van der Waals surface area contributed by atoms with Gasteiger partial charge in [0.1, 0.15) is 0 Å². The van der Waals surface area contributed by atoms with Crippen molar-refractivity contribution in [3.63, 3.8) is 0 Å². The summed E-state index contributed by atoms with van der Waals surface area (Å²) in [6.07, 6.45) is 2.44. The maximum Gasteiger partial charge on any atom is 0.338 e. The van der Waals surface area contributed by atoms with Crippen molar-refractivity contribution in [3.8, 4) is 11.1 Å². The molecular weight excluding hydrogens is 422 g/mol. The molecule has 1 aliphatic carbocycles. The second-order valence-corrected chi connectivity index (χ2v) is 7.44. The number of anilines is 1. The number of esters is 1. The Balaban J connectivity index is 1.35. The largest absolute Gasteiger partial charge is 0.478 e. The van der Waals surface area contributed by atoms with Gasteiger partial charge in [0.25, 0.3) is 0 Å². The minimum atomic E-state index is -1.23. The average molecular weight is 441 g/mol. The summed E-state index contributed by atoms with van der Waals surface area (Å²) in [7, 11) is 0. The Morgan fingerprint density at radius 1 is 0.848 bits per heavy atom. The molecule has 0 aromatic heterocycles. The summed E-state index contributed by atoms with van der Waals surface area (Å²) in [6, 6.07) is 19.4. The Labute approximate surface area is 189 Å². The van der Waals surface area contributed by atoms with Crippen LogP contribution in [0.3, 0.4) is 0 Å². The molecule has 7 heteroatoms. The number of aliphatic carboxylic acids is 1. The molecule has 3 aromatic rings. The number of carboxylic acids is 1. The number of hydrogen-bond donors (Lipinski definition) is 2. The number of hydrogen-bond acceptors (Lipinski definition) is 5. The highest BCUT2D eigenvalue weighted by Crippen LogP contribution is 2.36. The van der Waals surface area contributed by atoms with E-state index < -0.39 is 24.5 Å². The van der Waals surface area contributed by atoms with Gasteiger partial charge in [0.2, 0.25) is 5.91 Å². The van der Waals surface area contributed by atoms with Crippen molar-refractivity contribution in [2.75, 3.05) is 11.9 Å². The van der Waals surface area contributed by atoms with E-state index in [1.54, 1.807) is 6.07 Å². The van der Waals surface area contributed by atoms with Crippen molar-refractivity contribution < 1.29 is 29.0 Å². The standard InChI is InChI=1S/C26H19NO6/c28-23(19-6-5-18-13-17-3-1-2-4-21(17)22(18)14-19)15-33-26(32)16-7-9-20(10-8-16)27-24(29)11-12-25(30)31/h1-12,14H,13,15H2,(H,27,29)(H,30,31). The van der Waals surface area contributed by atoms with Gasteiger partial charge in [-0.25, -0.2) is 9.59 Å². The number of ketones is 1. The monoisotopic (exact) mass is 441 g/mol. The van der Waals surface area contributed by atoms with E-state index in [1.165, 1.54) is 29.8 Å². The Morgan fingerprint density at radius 3 is 2.30 bits per heavy atom. The summed E-state index contributed by atoms with van der Waals surface area (Å²) in [5, 5.41) is 11.0. The first-order chi connectivity index (χ1) is 15.9. The number of carbonyl (C=O) groups excluding carboxylic acids is 3. The first kappa shape index (κ1) is 21.7. The molecule has 7 nitrogen and oxygen atoms in total. The second-order valence-electron chi connectivity index (χ2n) is 7.44. The predicted octanol–water partition coefficient (Wildman–Crippen LogP) is 3.88. The predicted molar refractivity (Wildman–Crippen MR) is 121 cm³/mol. The molecule has 4 rings (SSSR count). The number of benzene rings is 3. The van der Waals surface area contributed by atoms with Gasteiger partial charge in [-0.3, -0.25) is 9.59 Å². The van der Waals surface area contributed by atoms with E-state index in [1.807, 2.05) is 30.3 Å². The lowest BCUT2D eigenvalue weighted by atomic mass is 10.0. The van der Waals surface area contributed by atoms with Crippen LogP contribution in [0.5, 0.6) is 0 Å².